The molecule has 55 heavy (non-hydrogen) atoms. The first-order chi connectivity index (χ1) is 26.8. The normalized spacial score (nSPS) is 19.3. The number of carbonyl (C=O) groups excluding carboxylic acids is 4. The van der Waals surface area contributed by atoms with Gasteiger partial charge in [-0.15, -0.1) is 0 Å². The lowest BCUT2D eigenvalue weighted by molar-refractivity contribution is -0.136. The molecule has 4 aliphatic rings. The standard InChI is InChI=1S/C44H46N6O5/c1-2-37(30-6-4-3-5-7-30)41(32-10-15-36(51)16-11-32)31-8-12-34(13-9-31)46-20-24-48(25-21-46)44(55)49-26-22-47(23-27-49)35-14-17-38-33(28-35)29-50(43(38)54)39-18-19-40(52)45-42(39)53/h3-17,28,39,51H,2,18-27,29H2,1H3,(H,45,52,53)/b41-37+/t39-/m0/s1. The zero-order chi connectivity index (χ0) is 38.1. The van der Waals surface area contributed by atoms with E-state index in [9.17, 15) is 24.3 Å². The van der Waals surface area contributed by atoms with Gasteiger partial charge in [-0.25, -0.2) is 4.79 Å². The van der Waals surface area contributed by atoms with E-state index < -0.39 is 11.9 Å². The third kappa shape index (κ3) is 7.26. The second kappa shape index (κ2) is 15.3. The summed E-state index contributed by atoms with van der Waals surface area (Å²) in [7, 11) is 0. The van der Waals surface area contributed by atoms with Crippen molar-refractivity contribution in [1.82, 2.24) is 20.0 Å². The number of benzene rings is 4. The Morgan fingerprint density at radius 1 is 0.709 bits per heavy atom. The molecule has 4 aromatic rings. The second-order valence-corrected chi connectivity index (χ2v) is 14.6. The number of fused-ring (bicyclic) bond motifs is 1. The summed E-state index contributed by atoms with van der Waals surface area (Å²) < 4.78 is 0. The molecule has 0 bridgehead atoms. The number of nitrogens with one attached hydrogen (secondary N) is 1. The molecule has 0 radical (unpaired) electrons. The maximum Gasteiger partial charge on any atom is 0.320 e. The largest absolute Gasteiger partial charge is 0.508 e. The van der Waals surface area contributed by atoms with Crippen LogP contribution in [0.2, 0.25) is 0 Å². The maximum absolute atomic E-state index is 13.6. The molecule has 282 valence electrons. The second-order valence-electron chi connectivity index (χ2n) is 14.6. The lowest BCUT2D eigenvalue weighted by Crippen LogP contribution is -2.57. The number of piperazine rings is 2. The number of urea groups is 1. The minimum atomic E-state index is -0.634. The summed E-state index contributed by atoms with van der Waals surface area (Å²) in [5.41, 5.74) is 9.36. The third-order valence-electron chi connectivity index (χ3n) is 11.4. The van der Waals surface area contributed by atoms with Crippen LogP contribution >= 0.6 is 0 Å². The Kier molecular flexibility index (Phi) is 10.0. The molecule has 0 unspecified atom stereocenters. The van der Waals surface area contributed by atoms with Crippen LogP contribution in [0.3, 0.4) is 0 Å². The molecule has 11 nitrogen and oxygen atoms in total. The van der Waals surface area contributed by atoms with E-state index in [0.29, 0.717) is 57.8 Å². The number of anilines is 2. The number of rotatable bonds is 7. The smallest absolute Gasteiger partial charge is 0.320 e. The number of imide groups is 1. The predicted octanol–water partition coefficient (Wildman–Crippen LogP) is 5.59. The zero-order valence-electron chi connectivity index (χ0n) is 31.1. The summed E-state index contributed by atoms with van der Waals surface area (Å²) in [5.74, 6) is -0.638. The number of aromatic hydroxyl groups is 1. The van der Waals surface area contributed by atoms with Crippen molar-refractivity contribution in [2.45, 2.75) is 38.8 Å². The summed E-state index contributed by atoms with van der Waals surface area (Å²) in [6, 6.07) is 31.8. The van der Waals surface area contributed by atoms with Gasteiger partial charge in [0.25, 0.3) is 5.91 Å². The predicted molar refractivity (Wildman–Crippen MR) is 213 cm³/mol. The fraction of sp³-hybridized carbons (Fsp3) is 0.318. The first-order valence-corrected chi connectivity index (χ1v) is 19.3. The molecule has 0 spiro atoms. The number of carbonyl (C=O) groups is 4. The molecule has 4 aromatic carbocycles. The highest BCUT2D eigenvalue weighted by molar-refractivity contribution is 6.05. The quantitative estimate of drug-likeness (QED) is 0.188. The number of nitrogens with zero attached hydrogens (tertiary/aromatic N) is 5. The number of phenols is 1. The average molecular weight is 739 g/mol. The monoisotopic (exact) mass is 738 g/mol. The average Bonchev–Trinajstić information content (AvgIpc) is 3.55. The van der Waals surface area contributed by atoms with Gasteiger partial charge < -0.3 is 29.6 Å². The molecule has 11 heteroatoms. The summed E-state index contributed by atoms with van der Waals surface area (Å²) >= 11 is 0. The van der Waals surface area contributed by atoms with Gasteiger partial charge in [0.1, 0.15) is 11.8 Å². The van der Waals surface area contributed by atoms with E-state index in [4.69, 9.17) is 0 Å². The summed E-state index contributed by atoms with van der Waals surface area (Å²) in [6.45, 7) is 7.91. The van der Waals surface area contributed by atoms with E-state index in [-0.39, 0.29) is 30.0 Å². The van der Waals surface area contributed by atoms with Crippen molar-refractivity contribution in [3.8, 4) is 5.75 Å². The molecule has 3 saturated heterocycles. The zero-order valence-corrected chi connectivity index (χ0v) is 31.1. The first-order valence-electron chi connectivity index (χ1n) is 19.3. The molecular weight excluding hydrogens is 693 g/mol. The van der Waals surface area contributed by atoms with E-state index in [0.717, 1.165) is 53.1 Å². The molecule has 0 saturated carbocycles. The van der Waals surface area contributed by atoms with E-state index in [1.54, 1.807) is 17.0 Å². The van der Waals surface area contributed by atoms with Crippen LogP contribution in [0.15, 0.2) is 97.1 Å². The lowest BCUT2D eigenvalue weighted by atomic mass is 9.88. The molecule has 2 N–H and O–H groups in total. The summed E-state index contributed by atoms with van der Waals surface area (Å²) in [4.78, 5) is 60.9. The lowest BCUT2D eigenvalue weighted by Gasteiger charge is -2.41. The van der Waals surface area contributed by atoms with Gasteiger partial charge in [-0.3, -0.25) is 19.7 Å². The number of hydrogen-bond acceptors (Lipinski definition) is 7. The van der Waals surface area contributed by atoms with Crippen molar-refractivity contribution >= 4 is 46.3 Å². The van der Waals surface area contributed by atoms with Crippen LogP contribution < -0.4 is 15.1 Å². The fourth-order valence-electron chi connectivity index (χ4n) is 8.42. The number of amides is 5. The van der Waals surface area contributed by atoms with Crippen LogP contribution in [0.1, 0.15) is 58.8 Å². The Hall–Kier alpha value is -6.10. The molecule has 0 aliphatic carbocycles. The minimum Gasteiger partial charge on any atom is -0.508 e. The topological polar surface area (TPSA) is 117 Å². The van der Waals surface area contributed by atoms with E-state index in [1.807, 2.05) is 46.2 Å². The Labute approximate surface area is 321 Å². The van der Waals surface area contributed by atoms with Crippen molar-refractivity contribution in [3.05, 3.63) is 125 Å². The Morgan fingerprint density at radius 3 is 1.89 bits per heavy atom. The first kappa shape index (κ1) is 35.9. The van der Waals surface area contributed by atoms with Gasteiger partial charge in [0, 0.05) is 82.3 Å². The van der Waals surface area contributed by atoms with E-state index >= 15 is 0 Å². The Balaban J connectivity index is 0.869. The molecule has 1 atom stereocenters. The van der Waals surface area contributed by atoms with Gasteiger partial charge in [-0.2, -0.15) is 0 Å². The molecule has 4 aliphatic heterocycles. The summed E-state index contributed by atoms with van der Waals surface area (Å²) in [6.07, 6.45) is 1.43. The highest BCUT2D eigenvalue weighted by Gasteiger charge is 2.39. The van der Waals surface area contributed by atoms with Crippen molar-refractivity contribution in [2.75, 3.05) is 62.2 Å². The van der Waals surface area contributed by atoms with Gasteiger partial charge in [-0.05, 0) is 88.7 Å². The van der Waals surface area contributed by atoms with Crippen molar-refractivity contribution in [2.24, 2.45) is 0 Å². The van der Waals surface area contributed by atoms with Crippen molar-refractivity contribution < 1.29 is 24.3 Å². The molecule has 3 fully saturated rings. The molecule has 5 amide bonds. The number of allylic oxidation sites excluding steroid dienone is 1. The van der Waals surface area contributed by atoms with Crippen molar-refractivity contribution in [3.63, 3.8) is 0 Å². The Bertz CT molecular complexity index is 2120. The van der Waals surface area contributed by atoms with Crippen LogP contribution in [0.4, 0.5) is 16.2 Å². The minimum absolute atomic E-state index is 0.0748. The fourth-order valence-corrected chi connectivity index (χ4v) is 8.42. The van der Waals surface area contributed by atoms with E-state index in [2.05, 4.69) is 70.6 Å². The molecular formula is C44H46N6O5. The number of piperidine rings is 1. The molecule has 4 heterocycles. The van der Waals surface area contributed by atoms with Gasteiger partial charge in [-0.1, -0.05) is 61.5 Å². The van der Waals surface area contributed by atoms with Crippen LogP contribution in [0, 0.1) is 0 Å². The van der Waals surface area contributed by atoms with Crippen LogP contribution in [-0.4, -0.2) is 102 Å². The highest BCUT2D eigenvalue weighted by atomic mass is 16.3. The number of hydrogen-bond donors (Lipinski definition) is 2. The van der Waals surface area contributed by atoms with Gasteiger partial charge in [0.15, 0.2) is 0 Å². The Morgan fingerprint density at radius 2 is 1.29 bits per heavy atom. The van der Waals surface area contributed by atoms with Crippen LogP contribution in [0.5, 0.6) is 5.75 Å². The maximum atomic E-state index is 13.6. The van der Waals surface area contributed by atoms with Gasteiger partial charge >= 0.3 is 6.03 Å². The van der Waals surface area contributed by atoms with Gasteiger partial charge in [0.2, 0.25) is 11.8 Å². The number of phenolic OH excluding ortho intramolecular Hbond substituents is 1. The van der Waals surface area contributed by atoms with Crippen molar-refractivity contribution in [1.29, 1.82) is 0 Å². The van der Waals surface area contributed by atoms with Gasteiger partial charge in [0.05, 0.1) is 0 Å². The van der Waals surface area contributed by atoms with E-state index in [1.165, 1.54) is 11.1 Å². The third-order valence-corrected chi connectivity index (χ3v) is 11.4. The highest BCUT2D eigenvalue weighted by Crippen LogP contribution is 2.36. The molecule has 0 aromatic heterocycles. The molecule has 8 rings (SSSR count). The SMILES string of the molecule is CC/C(=C(\c1ccc(O)cc1)c1ccc(N2CCN(C(=O)N3CCN(c4ccc5c(c4)CN([C@H]4CCC(=O)NC4=O)C5=O)CC3)CC2)cc1)c1ccccc1. The van der Waals surface area contributed by atoms with Crippen LogP contribution in [-0.2, 0) is 16.1 Å². The summed E-state index contributed by atoms with van der Waals surface area (Å²) in [5, 5.41) is 12.3. The van der Waals surface area contributed by atoms with Crippen LogP contribution in [0.25, 0.3) is 11.1 Å².